The molecule has 1 saturated heterocycles. The Morgan fingerprint density at radius 1 is 1.56 bits per heavy atom. The molecule has 0 aromatic carbocycles. The standard InChI is InChI=1S/C11H17NO4/c1-10(2,3)16-9(15)12-6-4-5-11(12)7(13)8(11)14/h7,13H,4-6H2,1-3H3. The van der Waals surface area contributed by atoms with Crippen LogP contribution in [0.5, 0.6) is 0 Å². The SMILES string of the molecule is CC(C)(C)OC(=O)N1CCCC12C(=O)C2O. The summed E-state index contributed by atoms with van der Waals surface area (Å²) in [6.45, 7) is 5.81. The van der Waals surface area contributed by atoms with E-state index in [0.29, 0.717) is 13.0 Å². The van der Waals surface area contributed by atoms with Gasteiger partial charge in [-0.25, -0.2) is 4.79 Å². The number of Topliss-reactive ketones (excluding diaryl/α,β-unsaturated/α-hetero) is 1. The molecule has 2 rings (SSSR count). The lowest BCUT2D eigenvalue weighted by Gasteiger charge is -2.27. The fourth-order valence-electron chi connectivity index (χ4n) is 2.27. The van der Waals surface area contributed by atoms with E-state index >= 15 is 0 Å². The van der Waals surface area contributed by atoms with Gasteiger partial charge >= 0.3 is 6.09 Å². The molecule has 1 saturated carbocycles. The van der Waals surface area contributed by atoms with E-state index in [1.807, 2.05) is 0 Å². The number of nitrogens with zero attached hydrogens (tertiary/aromatic N) is 1. The van der Waals surface area contributed by atoms with Crippen molar-refractivity contribution in [3.05, 3.63) is 0 Å². The summed E-state index contributed by atoms with van der Waals surface area (Å²) in [5.74, 6) is -0.254. The monoisotopic (exact) mass is 227 g/mol. The van der Waals surface area contributed by atoms with Gasteiger partial charge in [0.25, 0.3) is 0 Å². The average molecular weight is 227 g/mol. The fourth-order valence-corrected chi connectivity index (χ4v) is 2.27. The summed E-state index contributed by atoms with van der Waals surface area (Å²) in [6.07, 6.45) is -0.230. The number of hydrogen-bond donors (Lipinski definition) is 1. The number of aliphatic hydroxyl groups excluding tert-OH is 1. The Balaban J connectivity index is 2.11. The summed E-state index contributed by atoms with van der Waals surface area (Å²) in [5.41, 5.74) is -1.54. The lowest BCUT2D eigenvalue weighted by molar-refractivity contribution is -0.114. The summed E-state index contributed by atoms with van der Waals surface area (Å²) >= 11 is 0. The highest BCUT2D eigenvalue weighted by molar-refractivity contribution is 6.12. The minimum absolute atomic E-state index is 0.254. The van der Waals surface area contributed by atoms with E-state index in [4.69, 9.17) is 4.74 Å². The van der Waals surface area contributed by atoms with Crippen molar-refractivity contribution in [3.8, 4) is 0 Å². The van der Waals surface area contributed by atoms with Crippen LogP contribution in [0.1, 0.15) is 33.6 Å². The molecule has 5 nitrogen and oxygen atoms in total. The highest BCUT2D eigenvalue weighted by atomic mass is 16.6. The van der Waals surface area contributed by atoms with Crippen molar-refractivity contribution in [2.24, 2.45) is 0 Å². The molecule has 1 amide bonds. The molecule has 1 N–H and O–H groups in total. The molecular formula is C11H17NO4. The molecule has 16 heavy (non-hydrogen) atoms. The number of ketones is 1. The van der Waals surface area contributed by atoms with Gasteiger partial charge in [-0.15, -0.1) is 0 Å². The molecule has 1 aliphatic heterocycles. The molecule has 1 heterocycles. The van der Waals surface area contributed by atoms with Crippen molar-refractivity contribution < 1.29 is 19.4 Å². The van der Waals surface area contributed by atoms with Crippen LogP contribution in [0.3, 0.4) is 0 Å². The average Bonchev–Trinajstić information content (AvgIpc) is 2.60. The first kappa shape index (κ1) is 11.4. The number of ether oxygens (including phenoxy) is 1. The maximum absolute atomic E-state index is 11.8. The zero-order valence-electron chi connectivity index (χ0n) is 9.82. The maximum Gasteiger partial charge on any atom is 0.411 e. The summed E-state index contributed by atoms with van der Waals surface area (Å²) in [6, 6.07) is 0. The van der Waals surface area contributed by atoms with Gasteiger partial charge in [0.1, 0.15) is 17.2 Å². The number of rotatable bonds is 0. The first-order chi connectivity index (χ1) is 7.29. The normalized spacial score (nSPS) is 33.4. The van der Waals surface area contributed by atoms with Gasteiger partial charge in [-0.2, -0.15) is 0 Å². The number of likely N-dealkylation sites (tertiary alicyclic amines) is 1. The van der Waals surface area contributed by atoms with Crippen molar-refractivity contribution in [1.29, 1.82) is 0 Å². The number of amides is 1. The number of hydrogen-bond acceptors (Lipinski definition) is 4. The van der Waals surface area contributed by atoms with E-state index in [2.05, 4.69) is 0 Å². The van der Waals surface area contributed by atoms with Crippen LogP contribution in [0.15, 0.2) is 0 Å². The Morgan fingerprint density at radius 2 is 2.12 bits per heavy atom. The Hall–Kier alpha value is -1.10. The first-order valence-corrected chi connectivity index (χ1v) is 5.52. The lowest BCUT2D eigenvalue weighted by atomic mass is 10.2. The highest BCUT2D eigenvalue weighted by Gasteiger charge is 2.71. The third kappa shape index (κ3) is 1.50. The van der Waals surface area contributed by atoms with E-state index in [9.17, 15) is 14.7 Å². The number of carbonyl (C=O) groups is 2. The minimum Gasteiger partial charge on any atom is -0.444 e. The molecule has 0 radical (unpaired) electrons. The Labute approximate surface area is 94.4 Å². The van der Waals surface area contributed by atoms with Crippen LogP contribution < -0.4 is 0 Å². The molecular weight excluding hydrogens is 210 g/mol. The van der Waals surface area contributed by atoms with Crippen molar-refractivity contribution in [2.45, 2.75) is 50.9 Å². The second-order valence-corrected chi connectivity index (χ2v) is 5.43. The molecule has 0 aromatic rings. The summed E-state index contributed by atoms with van der Waals surface area (Å²) < 4.78 is 5.22. The Morgan fingerprint density at radius 3 is 2.56 bits per heavy atom. The number of carbonyl (C=O) groups excluding carboxylic acids is 2. The first-order valence-electron chi connectivity index (χ1n) is 5.52. The van der Waals surface area contributed by atoms with Crippen molar-refractivity contribution >= 4 is 11.9 Å². The maximum atomic E-state index is 11.8. The molecule has 0 aromatic heterocycles. The van der Waals surface area contributed by atoms with E-state index < -0.39 is 23.3 Å². The molecule has 2 fully saturated rings. The molecule has 2 atom stereocenters. The lowest BCUT2D eigenvalue weighted by Crippen LogP contribution is -2.43. The quantitative estimate of drug-likeness (QED) is 0.661. The molecule has 0 bridgehead atoms. The zero-order chi connectivity index (χ0) is 12.1. The van der Waals surface area contributed by atoms with Crippen LogP contribution in [0.4, 0.5) is 4.79 Å². The minimum atomic E-state index is -1.01. The molecule has 1 spiro atoms. The highest BCUT2D eigenvalue weighted by Crippen LogP contribution is 2.46. The topological polar surface area (TPSA) is 66.8 Å². The van der Waals surface area contributed by atoms with Gasteiger partial charge in [-0.05, 0) is 33.6 Å². The van der Waals surface area contributed by atoms with Gasteiger partial charge in [0.15, 0.2) is 5.78 Å². The van der Waals surface area contributed by atoms with E-state index in [1.54, 1.807) is 20.8 Å². The summed E-state index contributed by atoms with van der Waals surface area (Å²) in [7, 11) is 0. The van der Waals surface area contributed by atoms with Gasteiger partial charge in [0, 0.05) is 6.54 Å². The molecule has 2 unspecified atom stereocenters. The molecule has 2 aliphatic rings. The third-order valence-corrected chi connectivity index (χ3v) is 3.08. The fraction of sp³-hybridized carbons (Fsp3) is 0.818. The Kier molecular flexibility index (Phi) is 2.28. The molecule has 5 heteroatoms. The summed E-state index contributed by atoms with van der Waals surface area (Å²) in [4.78, 5) is 24.7. The van der Waals surface area contributed by atoms with Crippen molar-refractivity contribution in [3.63, 3.8) is 0 Å². The predicted molar refractivity (Wildman–Crippen MR) is 55.9 cm³/mol. The van der Waals surface area contributed by atoms with Crippen LogP contribution in [0, 0.1) is 0 Å². The third-order valence-electron chi connectivity index (χ3n) is 3.08. The number of aliphatic hydroxyl groups is 1. The molecule has 90 valence electrons. The van der Waals surface area contributed by atoms with Gasteiger partial charge in [0.2, 0.25) is 0 Å². The van der Waals surface area contributed by atoms with E-state index in [1.165, 1.54) is 4.90 Å². The van der Waals surface area contributed by atoms with Crippen LogP contribution >= 0.6 is 0 Å². The van der Waals surface area contributed by atoms with Crippen LogP contribution in [-0.2, 0) is 9.53 Å². The van der Waals surface area contributed by atoms with Crippen LogP contribution in [0.25, 0.3) is 0 Å². The van der Waals surface area contributed by atoms with Gasteiger partial charge in [0.05, 0.1) is 0 Å². The zero-order valence-corrected chi connectivity index (χ0v) is 9.82. The van der Waals surface area contributed by atoms with Gasteiger partial charge in [-0.3, -0.25) is 9.69 Å². The van der Waals surface area contributed by atoms with Gasteiger partial charge in [-0.1, -0.05) is 0 Å². The smallest absolute Gasteiger partial charge is 0.411 e. The molecule has 1 aliphatic carbocycles. The summed E-state index contributed by atoms with van der Waals surface area (Å²) in [5, 5.41) is 9.50. The second-order valence-electron chi connectivity index (χ2n) is 5.43. The van der Waals surface area contributed by atoms with Crippen LogP contribution in [-0.4, -0.2) is 45.7 Å². The van der Waals surface area contributed by atoms with Crippen molar-refractivity contribution in [2.75, 3.05) is 6.54 Å². The largest absolute Gasteiger partial charge is 0.444 e. The van der Waals surface area contributed by atoms with E-state index in [0.717, 1.165) is 6.42 Å². The Bertz CT molecular complexity index is 346. The van der Waals surface area contributed by atoms with Crippen molar-refractivity contribution in [1.82, 2.24) is 4.90 Å². The van der Waals surface area contributed by atoms with Gasteiger partial charge < -0.3 is 9.84 Å². The van der Waals surface area contributed by atoms with Crippen LogP contribution in [0.2, 0.25) is 0 Å². The predicted octanol–water partition coefficient (Wildman–Crippen LogP) is 0.700. The van der Waals surface area contributed by atoms with E-state index in [-0.39, 0.29) is 5.78 Å². The second kappa shape index (κ2) is 3.20.